The van der Waals surface area contributed by atoms with Gasteiger partial charge in [0.15, 0.2) is 5.82 Å². The van der Waals surface area contributed by atoms with Gasteiger partial charge in [-0.25, -0.2) is 10.8 Å². The van der Waals surface area contributed by atoms with Crippen LogP contribution in [0.25, 0.3) is 0 Å². The summed E-state index contributed by atoms with van der Waals surface area (Å²) in [5.74, 6) is 6.34. The molecular weight excluding hydrogens is 176 g/mol. The number of nitriles is 1. The quantitative estimate of drug-likeness (QED) is 0.545. The molecular formula is C10H12N4. The van der Waals surface area contributed by atoms with Crippen molar-refractivity contribution in [2.75, 3.05) is 5.43 Å². The maximum Gasteiger partial charge on any atom is 0.158 e. The lowest BCUT2D eigenvalue weighted by Gasteiger charge is -2.25. The van der Waals surface area contributed by atoms with Crippen molar-refractivity contribution in [2.24, 2.45) is 5.84 Å². The van der Waals surface area contributed by atoms with Crippen LogP contribution in [0.3, 0.4) is 0 Å². The van der Waals surface area contributed by atoms with Gasteiger partial charge in [0, 0.05) is 11.6 Å². The van der Waals surface area contributed by atoms with Crippen molar-refractivity contribution in [1.82, 2.24) is 4.98 Å². The third-order valence-electron chi connectivity index (χ3n) is 2.70. The summed E-state index contributed by atoms with van der Waals surface area (Å²) < 4.78 is 0. The highest BCUT2D eigenvalue weighted by Gasteiger charge is 2.21. The number of nitrogens with two attached hydrogens (primary N) is 1. The molecule has 4 nitrogen and oxygen atoms in total. The molecule has 0 spiro atoms. The van der Waals surface area contributed by atoms with Crippen LogP contribution in [0.2, 0.25) is 0 Å². The Morgan fingerprint density at radius 3 is 2.79 bits per heavy atom. The van der Waals surface area contributed by atoms with Gasteiger partial charge in [-0.05, 0) is 25.0 Å². The van der Waals surface area contributed by atoms with Gasteiger partial charge in [0.25, 0.3) is 0 Å². The molecule has 14 heavy (non-hydrogen) atoms. The van der Waals surface area contributed by atoms with Crippen molar-refractivity contribution >= 4 is 5.82 Å². The minimum atomic E-state index is 0.483. The molecule has 2 rings (SSSR count). The van der Waals surface area contributed by atoms with Crippen LogP contribution < -0.4 is 11.3 Å². The van der Waals surface area contributed by atoms with Crippen molar-refractivity contribution < 1.29 is 0 Å². The van der Waals surface area contributed by atoms with Gasteiger partial charge in [0.05, 0.1) is 5.56 Å². The number of aromatic nitrogens is 1. The van der Waals surface area contributed by atoms with E-state index in [4.69, 9.17) is 11.1 Å². The molecule has 1 aromatic rings. The van der Waals surface area contributed by atoms with Crippen LogP contribution in [0.15, 0.2) is 12.1 Å². The molecule has 1 fully saturated rings. The third-order valence-corrected chi connectivity index (χ3v) is 2.70. The second kappa shape index (κ2) is 3.64. The molecule has 1 aliphatic carbocycles. The van der Waals surface area contributed by atoms with E-state index >= 15 is 0 Å². The summed E-state index contributed by atoms with van der Waals surface area (Å²) in [6.07, 6.45) is 3.67. The summed E-state index contributed by atoms with van der Waals surface area (Å²) in [5, 5.41) is 8.76. The molecule has 1 aromatic heterocycles. The van der Waals surface area contributed by atoms with E-state index in [1.807, 2.05) is 12.1 Å². The van der Waals surface area contributed by atoms with Gasteiger partial charge in [0.2, 0.25) is 0 Å². The van der Waals surface area contributed by atoms with Crippen molar-refractivity contribution in [2.45, 2.75) is 25.2 Å². The van der Waals surface area contributed by atoms with E-state index in [9.17, 15) is 0 Å². The predicted molar refractivity (Wildman–Crippen MR) is 53.4 cm³/mol. The smallest absolute Gasteiger partial charge is 0.158 e. The van der Waals surface area contributed by atoms with Crippen LogP contribution >= 0.6 is 0 Å². The molecule has 0 unspecified atom stereocenters. The number of rotatable bonds is 2. The Kier molecular flexibility index (Phi) is 2.33. The van der Waals surface area contributed by atoms with E-state index in [1.54, 1.807) is 6.07 Å². The van der Waals surface area contributed by atoms with Crippen molar-refractivity contribution in [3.63, 3.8) is 0 Å². The fourth-order valence-corrected chi connectivity index (χ4v) is 1.61. The summed E-state index contributed by atoms with van der Waals surface area (Å²) in [6.45, 7) is 0. The zero-order chi connectivity index (χ0) is 9.97. The molecule has 72 valence electrons. The number of hydrogen-bond acceptors (Lipinski definition) is 4. The van der Waals surface area contributed by atoms with Crippen LogP contribution in [0.4, 0.5) is 5.82 Å². The molecule has 0 amide bonds. The van der Waals surface area contributed by atoms with Gasteiger partial charge in [-0.1, -0.05) is 6.42 Å². The van der Waals surface area contributed by atoms with Crippen LogP contribution in [-0.4, -0.2) is 4.98 Å². The molecule has 1 aliphatic rings. The maximum absolute atomic E-state index is 8.76. The topological polar surface area (TPSA) is 74.7 Å². The summed E-state index contributed by atoms with van der Waals surface area (Å²) in [5.41, 5.74) is 4.00. The molecule has 3 N–H and O–H groups in total. The van der Waals surface area contributed by atoms with Crippen LogP contribution in [0.5, 0.6) is 0 Å². The minimum absolute atomic E-state index is 0.483. The SMILES string of the molecule is N#Cc1ccc(C2CCC2)nc1NN. The molecule has 0 aromatic carbocycles. The average Bonchev–Trinajstić information content (AvgIpc) is 2.15. The summed E-state index contributed by atoms with van der Waals surface area (Å²) in [7, 11) is 0. The molecule has 1 saturated carbocycles. The van der Waals surface area contributed by atoms with Gasteiger partial charge in [-0.15, -0.1) is 0 Å². The molecule has 0 atom stereocenters. The van der Waals surface area contributed by atoms with Crippen molar-refractivity contribution in [1.29, 1.82) is 5.26 Å². The van der Waals surface area contributed by atoms with E-state index in [2.05, 4.69) is 10.4 Å². The average molecular weight is 188 g/mol. The van der Waals surface area contributed by atoms with Gasteiger partial charge >= 0.3 is 0 Å². The molecule has 0 bridgehead atoms. The Balaban J connectivity index is 2.32. The van der Waals surface area contributed by atoms with E-state index < -0.39 is 0 Å². The van der Waals surface area contributed by atoms with E-state index in [0.717, 1.165) is 5.69 Å². The highest BCUT2D eigenvalue weighted by molar-refractivity contribution is 5.51. The van der Waals surface area contributed by atoms with Crippen molar-refractivity contribution in [3.05, 3.63) is 23.4 Å². The zero-order valence-electron chi connectivity index (χ0n) is 7.83. The number of nitrogens with one attached hydrogen (secondary N) is 1. The Hall–Kier alpha value is -1.60. The Morgan fingerprint density at radius 2 is 2.29 bits per heavy atom. The minimum Gasteiger partial charge on any atom is -0.307 e. The molecule has 0 aliphatic heterocycles. The largest absolute Gasteiger partial charge is 0.307 e. The summed E-state index contributed by atoms with van der Waals surface area (Å²) in [6, 6.07) is 5.74. The highest BCUT2D eigenvalue weighted by atomic mass is 15.2. The zero-order valence-corrected chi connectivity index (χ0v) is 7.83. The van der Waals surface area contributed by atoms with Crippen LogP contribution in [0, 0.1) is 11.3 Å². The Labute approximate surface area is 82.7 Å². The standard InChI is InChI=1S/C10H12N4/c11-6-8-4-5-9(7-2-1-3-7)13-10(8)14-12/h4-5,7H,1-3,12H2,(H,13,14). The number of hydrazine groups is 1. The summed E-state index contributed by atoms with van der Waals surface area (Å²) >= 11 is 0. The van der Waals surface area contributed by atoms with Gasteiger partial charge < -0.3 is 5.43 Å². The molecule has 0 saturated heterocycles. The molecule has 0 radical (unpaired) electrons. The lowest BCUT2D eigenvalue weighted by atomic mass is 9.82. The third kappa shape index (κ3) is 1.42. The van der Waals surface area contributed by atoms with Gasteiger partial charge in [0.1, 0.15) is 6.07 Å². The fourth-order valence-electron chi connectivity index (χ4n) is 1.61. The first-order chi connectivity index (χ1) is 6.85. The number of hydrogen-bond donors (Lipinski definition) is 2. The van der Waals surface area contributed by atoms with Gasteiger partial charge in [-0.2, -0.15) is 5.26 Å². The molecule has 4 heteroatoms. The van der Waals surface area contributed by atoms with E-state index in [1.165, 1.54) is 19.3 Å². The predicted octanol–water partition coefficient (Wildman–Crippen LogP) is 1.51. The second-order valence-electron chi connectivity index (χ2n) is 3.52. The first-order valence-corrected chi connectivity index (χ1v) is 4.73. The maximum atomic E-state index is 8.76. The number of anilines is 1. The Bertz CT molecular complexity index is 376. The van der Waals surface area contributed by atoms with Crippen LogP contribution in [0.1, 0.15) is 36.4 Å². The number of nitrogen functional groups attached to an aromatic ring is 1. The van der Waals surface area contributed by atoms with E-state index in [-0.39, 0.29) is 0 Å². The first-order valence-electron chi connectivity index (χ1n) is 4.73. The fraction of sp³-hybridized carbons (Fsp3) is 0.400. The lowest BCUT2D eigenvalue weighted by Crippen LogP contribution is -2.15. The lowest BCUT2D eigenvalue weighted by molar-refractivity contribution is 0.411. The van der Waals surface area contributed by atoms with Crippen molar-refractivity contribution in [3.8, 4) is 6.07 Å². The van der Waals surface area contributed by atoms with E-state index in [0.29, 0.717) is 17.3 Å². The monoisotopic (exact) mass is 188 g/mol. The number of pyridine rings is 1. The second-order valence-corrected chi connectivity index (χ2v) is 3.52. The van der Waals surface area contributed by atoms with Gasteiger partial charge in [-0.3, -0.25) is 0 Å². The molecule has 1 heterocycles. The van der Waals surface area contributed by atoms with Crippen LogP contribution in [-0.2, 0) is 0 Å². The number of nitrogens with zero attached hydrogens (tertiary/aromatic N) is 2. The summed E-state index contributed by atoms with van der Waals surface area (Å²) in [4.78, 5) is 4.33. The highest BCUT2D eigenvalue weighted by Crippen LogP contribution is 2.35. The Morgan fingerprint density at radius 1 is 1.50 bits per heavy atom. The normalized spacial score (nSPS) is 15.7. The first kappa shape index (κ1) is 8.97.